The number of halogens is 1. The fraction of sp³-hybridized carbons (Fsp3) is 0.269. The Labute approximate surface area is 208 Å². The molecule has 1 fully saturated rings. The van der Waals surface area contributed by atoms with E-state index in [1.165, 1.54) is 6.92 Å². The first-order valence-electron chi connectivity index (χ1n) is 11.5. The Morgan fingerprint density at radius 3 is 2.74 bits per heavy atom. The molecule has 5 rings (SSSR count). The second kappa shape index (κ2) is 10.4. The van der Waals surface area contributed by atoms with Crippen LogP contribution in [0.15, 0.2) is 54.7 Å². The second-order valence-electron chi connectivity index (χ2n) is 8.35. The molecule has 1 saturated heterocycles. The molecule has 1 aliphatic heterocycles. The lowest BCUT2D eigenvalue weighted by Crippen LogP contribution is -2.38. The van der Waals surface area contributed by atoms with E-state index in [1.54, 1.807) is 6.20 Å². The van der Waals surface area contributed by atoms with Gasteiger partial charge in [-0.3, -0.25) is 9.69 Å². The highest BCUT2D eigenvalue weighted by Crippen LogP contribution is 2.35. The first-order chi connectivity index (χ1) is 17.1. The molecule has 35 heavy (non-hydrogen) atoms. The van der Waals surface area contributed by atoms with Crippen LogP contribution < -0.4 is 10.1 Å². The lowest BCUT2D eigenvalue weighted by atomic mass is 10.1. The van der Waals surface area contributed by atoms with Gasteiger partial charge in [0.15, 0.2) is 5.65 Å². The number of hydrogen-bond acceptors (Lipinski definition) is 6. The van der Waals surface area contributed by atoms with Gasteiger partial charge in [0.1, 0.15) is 23.7 Å². The highest BCUT2D eigenvalue weighted by atomic mass is 35.5. The molecule has 1 amide bonds. The molecule has 0 unspecified atom stereocenters. The van der Waals surface area contributed by atoms with Gasteiger partial charge >= 0.3 is 0 Å². The number of morpholine rings is 1. The average molecular weight is 492 g/mol. The van der Waals surface area contributed by atoms with Gasteiger partial charge in [0, 0.05) is 49.6 Å². The largest absolute Gasteiger partial charge is 0.492 e. The Hall–Kier alpha value is -3.46. The Balaban J connectivity index is 1.36. The van der Waals surface area contributed by atoms with Gasteiger partial charge in [-0.25, -0.2) is 9.97 Å². The third kappa shape index (κ3) is 5.45. The minimum atomic E-state index is -0.135. The molecule has 2 N–H and O–H groups in total. The van der Waals surface area contributed by atoms with E-state index in [0.717, 1.165) is 55.3 Å². The van der Waals surface area contributed by atoms with E-state index in [9.17, 15) is 4.79 Å². The summed E-state index contributed by atoms with van der Waals surface area (Å²) in [5.41, 5.74) is 4.51. The number of nitrogens with one attached hydrogen (secondary N) is 2. The van der Waals surface area contributed by atoms with E-state index in [1.807, 2.05) is 48.5 Å². The number of H-pyrrole nitrogens is 1. The van der Waals surface area contributed by atoms with Crippen LogP contribution in [0.3, 0.4) is 0 Å². The number of anilines is 1. The quantitative estimate of drug-likeness (QED) is 0.392. The number of aromatic nitrogens is 3. The highest BCUT2D eigenvalue weighted by Gasteiger charge is 2.16. The van der Waals surface area contributed by atoms with Crippen molar-refractivity contribution in [1.29, 1.82) is 0 Å². The van der Waals surface area contributed by atoms with Crippen LogP contribution in [0.2, 0.25) is 5.02 Å². The van der Waals surface area contributed by atoms with E-state index in [0.29, 0.717) is 34.3 Å². The highest BCUT2D eigenvalue weighted by molar-refractivity contribution is 6.34. The van der Waals surface area contributed by atoms with Crippen LogP contribution in [0.1, 0.15) is 6.92 Å². The van der Waals surface area contributed by atoms with Crippen LogP contribution in [0.5, 0.6) is 5.75 Å². The van der Waals surface area contributed by atoms with Crippen molar-refractivity contribution in [2.24, 2.45) is 0 Å². The van der Waals surface area contributed by atoms with Crippen molar-refractivity contribution < 1.29 is 14.3 Å². The lowest BCUT2D eigenvalue weighted by Gasteiger charge is -2.26. The van der Waals surface area contributed by atoms with Gasteiger partial charge in [-0.05, 0) is 42.0 Å². The number of fused-ring (bicyclic) bond motifs is 1. The zero-order chi connectivity index (χ0) is 24.2. The molecule has 180 valence electrons. The maximum atomic E-state index is 11.5. The van der Waals surface area contributed by atoms with Crippen molar-refractivity contribution in [3.63, 3.8) is 0 Å². The van der Waals surface area contributed by atoms with Crippen LogP contribution in [0.25, 0.3) is 33.7 Å². The number of imidazole rings is 1. The van der Waals surface area contributed by atoms with Crippen molar-refractivity contribution in [3.05, 3.63) is 59.8 Å². The van der Waals surface area contributed by atoms with Gasteiger partial charge in [0.05, 0.1) is 18.2 Å². The van der Waals surface area contributed by atoms with Crippen molar-refractivity contribution in [2.45, 2.75) is 6.92 Å². The Kier molecular flexibility index (Phi) is 6.94. The van der Waals surface area contributed by atoms with Crippen molar-refractivity contribution >= 4 is 34.4 Å². The summed E-state index contributed by atoms with van der Waals surface area (Å²) in [7, 11) is 0. The SMILES string of the molecule is CC(=O)Nc1cccc(-c2c(Cl)cnc3[nH]c(-c4ccc(OCCN5CCOCC5)cc4)nc23)c1. The number of benzene rings is 2. The molecular formula is C26H26ClN5O3. The lowest BCUT2D eigenvalue weighted by molar-refractivity contribution is -0.114. The number of aromatic amines is 1. The van der Waals surface area contributed by atoms with Gasteiger partial charge in [0.25, 0.3) is 0 Å². The first-order valence-corrected chi connectivity index (χ1v) is 11.9. The summed E-state index contributed by atoms with van der Waals surface area (Å²) < 4.78 is 11.3. The minimum Gasteiger partial charge on any atom is -0.492 e. The Bertz CT molecular complexity index is 1330. The van der Waals surface area contributed by atoms with Gasteiger partial charge in [0.2, 0.25) is 5.91 Å². The Morgan fingerprint density at radius 1 is 1.17 bits per heavy atom. The number of hydrogen-bond donors (Lipinski definition) is 2. The van der Waals surface area contributed by atoms with E-state index < -0.39 is 0 Å². The third-order valence-corrected chi connectivity index (χ3v) is 6.13. The van der Waals surface area contributed by atoms with E-state index in [4.69, 9.17) is 26.1 Å². The average Bonchev–Trinajstić information content (AvgIpc) is 3.29. The van der Waals surface area contributed by atoms with Crippen molar-refractivity contribution in [3.8, 4) is 28.3 Å². The monoisotopic (exact) mass is 491 g/mol. The van der Waals surface area contributed by atoms with E-state index in [-0.39, 0.29) is 5.91 Å². The van der Waals surface area contributed by atoms with E-state index in [2.05, 4.69) is 20.2 Å². The number of pyridine rings is 1. The summed E-state index contributed by atoms with van der Waals surface area (Å²) in [6.07, 6.45) is 1.61. The molecule has 2 aromatic heterocycles. The summed E-state index contributed by atoms with van der Waals surface area (Å²) in [5.74, 6) is 1.37. The van der Waals surface area contributed by atoms with Gasteiger partial charge in [-0.1, -0.05) is 23.7 Å². The number of carbonyl (C=O) groups excluding carboxylic acids is 1. The predicted molar refractivity (Wildman–Crippen MR) is 137 cm³/mol. The van der Waals surface area contributed by atoms with Crippen molar-refractivity contribution in [2.75, 3.05) is 44.8 Å². The zero-order valence-electron chi connectivity index (χ0n) is 19.4. The fourth-order valence-electron chi connectivity index (χ4n) is 4.12. The van der Waals surface area contributed by atoms with Crippen LogP contribution in [0.4, 0.5) is 5.69 Å². The van der Waals surface area contributed by atoms with Crippen LogP contribution >= 0.6 is 11.6 Å². The predicted octanol–water partition coefficient (Wildman–Crippen LogP) is 4.61. The smallest absolute Gasteiger partial charge is 0.221 e. The molecule has 0 bridgehead atoms. The molecule has 0 aliphatic carbocycles. The molecule has 0 spiro atoms. The summed E-state index contributed by atoms with van der Waals surface area (Å²) >= 11 is 6.55. The zero-order valence-corrected chi connectivity index (χ0v) is 20.1. The topological polar surface area (TPSA) is 92.4 Å². The van der Waals surface area contributed by atoms with Crippen LogP contribution in [-0.2, 0) is 9.53 Å². The normalized spacial score (nSPS) is 14.2. The van der Waals surface area contributed by atoms with E-state index >= 15 is 0 Å². The Morgan fingerprint density at radius 2 is 1.97 bits per heavy atom. The first kappa shape index (κ1) is 23.3. The standard InChI is InChI=1S/C26H26ClN5O3/c1-17(33)29-20-4-2-3-19(15-20)23-22(27)16-28-26-24(23)30-25(31-26)18-5-7-21(8-6-18)35-14-11-32-9-12-34-13-10-32/h2-8,15-16H,9-14H2,1H3,(H,29,33)(H,28,30,31). The molecule has 0 saturated carbocycles. The van der Waals surface area contributed by atoms with Gasteiger partial charge in [-0.15, -0.1) is 0 Å². The molecule has 9 heteroatoms. The summed E-state index contributed by atoms with van der Waals surface area (Å²) in [6.45, 7) is 6.46. The minimum absolute atomic E-state index is 0.135. The van der Waals surface area contributed by atoms with Gasteiger partial charge in [-0.2, -0.15) is 0 Å². The molecule has 4 aromatic rings. The third-order valence-electron chi connectivity index (χ3n) is 5.85. The molecular weight excluding hydrogens is 466 g/mol. The summed E-state index contributed by atoms with van der Waals surface area (Å²) in [6, 6.07) is 15.3. The number of rotatable bonds is 7. The molecule has 3 heterocycles. The molecule has 0 radical (unpaired) electrons. The second-order valence-corrected chi connectivity index (χ2v) is 8.76. The molecule has 0 atom stereocenters. The summed E-state index contributed by atoms with van der Waals surface area (Å²) in [4.78, 5) is 26.4. The number of carbonyl (C=O) groups is 1. The van der Waals surface area contributed by atoms with Crippen LogP contribution in [0, 0.1) is 0 Å². The maximum absolute atomic E-state index is 11.5. The number of nitrogens with zero attached hydrogens (tertiary/aromatic N) is 3. The van der Waals surface area contributed by atoms with Gasteiger partial charge < -0.3 is 19.8 Å². The van der Waals surface area contributed by atoms with Crippen molar-refractivity contribution in [1.82, 2.24) is 19.9 Å². The molecule has 2 aromatic carbocycles. The summed E-state index contributed by atoms with van der Waals surface area (Å²) in [5, 5.41) is 3.29. The number of amides is 1. The molecule has 8 nitrogen and oxygen atoms in total. The molecule has 1 aliphatic rings. The fourth-order valence-corrected chi connectivity index (χ4v) is 4.37. The van der Waals surface area contributed by atoms with Crippen LogP contribution in [-0.4, -0.2) is 65.2 Å². The maximum Gasteiger partial charge on any atom is 0.221 e. The number of ether oxygens (including phenoxy) is 2.